The maximum absolute atomic E-state index is 12.0. The predicted molar refractivity (Wildman–Crippen MR) is 85.5 cm³/mol. The number of amides is 1. The Hall–Kier alpha value is -2.64. The van der Waals surface area contributed by atoms with Crippen molar-refractivity contribution in [1.29, 1.82) is 0 Å². The third-order valence-corrected chi connectivity index (χ3v) is 3.35. The number of carboxylic acid groups (broad SMARTS) is 1. The Morgan fingerprint density at radius 3 is 2.61 bits per heavy atom. The number of nitro benzene ring substituents is 1. The van der Waals surface area contributed by atoms with Crippen molar-refractivity contribution in [1.82, 2.24) is 5.32 Å². The van der Waals surface area contributed by atoms with Gasteiger partial charge in [0.05, 0.1) is 11.5 Å². The first-order valence-electron chi connectivity index (χ1n) is 7.33. The molecule has 0 aliphatic heterocycles. The fourth-order valence-corrected chi connectivity index (χ4v) is 2.15. The number of hydrogen-bond donors (Lipinski definition) is 2. The quantitative estimate of drug-likeness (QED) is 0.529. The first-order valence-corrected chi connectivity index (χ1v) is 7.33. The van der Waals surface area contributed by atoms with Gasteiger partial charge in [0.1, 0.15) is 11.7 Å². The number of benzene rings is 1. The van der Waals surface area contributed by atoms with E-state index in [4.69, 9.17) is 5.11 Å². The van der Waals surface area contributed by atoms with E-state index in [1.165, 1.54) is 17.0 Å². The van der Waals surface area contributed by atoms with E-state index in [-0.39, 0.29) is 12.2 Å². The molecule has 0 spiro atoms. The molecule has 8 heteroatoms. The summed E-state index contributed by atoms with van der Waals surface area (Å²) in [5.41, 5.74) is 0.191. The lowest BCUT2D eigenvalue weighted by atomic mass is 10.1. The summed E-state index contributed by atoms with van der Waals surface area (Å²) in [4.78, 5) is 35.0. The first kappa shape index (κ1) is 18.4. The molecule has 0 bridgehead atoms. The van der Waals surface area contributed by atoms with E-state index in [0.29, 0.717) is 18.5 Å². The van der Waals surface area contributed by atoms with Crippen LogP contribution in [0.2, 0.25) is 0 Å². The van der Waals surface area contributed by atoms with Crippen LogP contribution >= 0.6 is 0 Å². The number of hydrogen-bond acceptors (Lipinski definition) is 5. The highest BCUT2D eigenvalue weighted by Gasteiger charge is 2.22. The lowest BCUT2D eigenvalue weighted by molar-refractivity contribution is -0.384. The van der Waals surface area contributed by atoms with E-state index in [1.54, 1.807) is 19.2 Å². The Balaban J connectivity index is 2.73. The molecule has 2 N–H and O–H groups in total. The number of para-hydroxylation sites is 2. The van der Waals surface area contributed by atoms with Crippen LogP contribution in [0.1, 0.15) is 26.2 Å². The van der Waals surface area contributed by atoms with E-state index in [1.807, 2.05) is 6.92 Å². The number of nitrogens with one attached hydrogen (secondary N) is 1. The molecule has 0 heterocycles. The summed E-state index contributed by atoms with van der Waals surface area (Å²) >= 11 is 0. The summed E-state index contributed by atoms with van der Waals surface area (Å²) in [6.07, 6.45) is 1.87. The highest BCUT2D eigenvalue weighted by atomic mass is 16.6. The molecule has 0 radical (unpaired) electrons. The summed E-state index contributed by atoms with van der Waals surface area (Å²) in [5.74, 6) is -1.57. The Bertz CT molecular complexity index is 576. The Labute approximate surface area is 134 Å². The monoisotopic (exact) mass is 323 g/mol. The first-order chi connectivity index (χ1) is 10.9. The third kappa shape index (κ3) is 5.57. The molecule has 0 saturated carbocycles. The second kappa shape index (κ2) is 8.72. The Morgan fingerprint density at radius 2 is 2.04 bits per heavy atom. The smallest absolute Gasteiger partial charge is 0.326 e. The van der Waals surface area contributed by atoms with Crippen LogP contribution in [-0.2, 0) is 9.59 Å². The minimum absolute atomic E-state index is 0.108. The molecule has 1 rings (SSSR count). The van der Waals surface area contributed by atoms with Crippen LogP contribution in [-0.4, -0.2) is 41.5 Å². The van der Waals surface area contributed by atoms with Gasteiger partial charge in [-0.25, -0.2) is 4.79 Å². The van der Waals surface area contributed by atoms with Crippen molar-refractivity contribution in [3.8, 4) is 0 Å². The van der Waals surface area contributed by atoms with Gasteiger partial charge >= 0.3 is 5.97 Å². The molecule has 0 aliphatic carbocycles. The number of anilines is 1. The number of rotatable bonds is 9. The average molecular weight is 323 g/mol. The standard InChI is InChI=1S/C15H21N3O5/c1-3-4-7-11(15(20)21)16-14(19)10-17(2)12-8-5-6-9-13(12)18(22)23/h5-6,8-9,11H,3-4,7,10H2,1-2H3,(H,16,19)(H,20,21). The molecule has 1 aromatic rings. The number of carbonyl (C=O) groups excluding carboxylic acids is 1. The van der Waals surface area contributed by atoms with Crippen molar-refractivity contribution in [3.63, 3.8) is 0 Å². The van der Waals surface area contributed by atoms with E-state index in [2.05, 4.69) is 5.32 Å². The highest BCUT2D eigenvalue weighted by molar-refractivity contribution is 5.87. The molecule has 126 valence electrons. The van der Waals surface area contributed by atoms with Crippen molar-refractivity contribution in [3.05, 3.63) is 34.4 Å². The fourth-order valence-electron chi connectivity index (χ4n) is 2.15. The van der Waals surface area contributed by atoms with Gasteiger partial charge in [-0.1, -0.05) is 31.9 Å². The van der Waals surface area contributed by atoms with Gasteiger partial charge in [0.15, 0.2) is 0 Å². The van der Waals surface area contributed by atoms with Crippen LogP contribution in [0.4, 0.5) is 11.4 Å². The lowest BCUT2D eigenvalue weighted by Gasteiger charge is -2.20. The molecule has 1 unspecified atom stereocenters. The van der Waals surface area contributed by atoms with Crippen LogP contribution in [0, 0.1) is 10.1 Å². The average Bonchev–Trinajstić information content (AvgIpc) is 2.50. The minimum atomic E-state index is -1.08. The molecular formula is C15H21N3O5. The van der Waals surface area contributed by atoms with Crippen molar-refractivity contribution in [2.24, 2.45) is 0 Å². The van der Waals surface area contributed by atoms with Gasteiger partial charge in [-0.2, -0.15) is 0 Å². The topological polar surface area (TPSA) is 113 Å². The molecule has 0 aliphatic rings. The Kier molecular flexibility index (Phi) is 6.98. The van der Waals surface area contributed by atoms with E-state index >= 15 is 0 Å². The minimum Gasteiger partial charge on any atom is -0.480 e. The zero-order chi connectivity index (χ0) is 17.4. The van der Waals surface area contributed by atoms with E-state index in [9.17, 15) is 19.7 Å². The number of aliphatic carboxylic acids is 1. The lowest BCUT2D eigenvalue weighted by Crippen LogP contribution is -2.45. The number of carboxylic acids is 1. The molecular weight excluding hydrogens is 302 g/mol. The van der Waals surface area contributed by atoms with Gasteiger partial charge in [0.2, 0.25) is 5.91 Å². The third-order valence-electron chi connectivity index (χ3n) is 3.35. The fraction of sp³-hybridized carbons (Fsp3) is 0.467. The SMILES string of the molecule is CCCCC(NC(=O)CN(C)c1ccccc1[N+](=O)[O-])C(=O)O. The number of nitro groups is 1. The molecule has 1 aromatic carbocycles. The predicted octanol–water partition coefficient (Wildman–Crippen LogP) is 1.79. The maximum atomic E-state index is 12.0. The summed E-state index contributed by atoms with van der Waals surface area (Å²) in [6.45, 7) is 1.77. The van der Waals surface area contributed by atoms with Crippen LogP contribution in [0.15, 0.2) is 24.3 Å². The number of nitrogens with zero attached hydrogens (tertiary/aromatic N) is 2. The van der Waals surface area contributed by atoms with Crippen molar-refractivity contribution < 1.29 is 19.6 Å². The van der Waals surface area contributed by atoms with Gasteiger partial charge in [-0.15, -0.1) is 0 Å². The molecule has 0 fully saturated rings. The summed E-state index contributed by atoms with van der Waals surface area (Å²) < 4.78 is 0. The molecule has 0 saturated heterocycles. The second-order valence-corrected chi connectivity index (χ2v) is 5.20. The summed E-state index contributed by atoms with van der Waals surface area (Å²) in [7, 11) is 1.55. The van der Waals surface area contributed by atoms with Gasteiger partial charge in [-0.3, -0.25) is 14.9 Å². The zero-order valence-corrected chi connectivity index (χ0v) is 13.2. The number of carbonyl (C=O) groups is 2. The van der Waals surface area contributed by atoms with Gasteiger partial charge in [-0.05, 0) is 12.5 Å². The van der Waals surface area contributed by atoms with E-state index < -0.39 is 22.8 Å². The van der Waals surface area contributed by atoms with E-state index in [0.717, 1.165) is 6.42 Å². The molecule has 8 nitrogen and oxygen atoms in total. The van der Waals surface area contributed by atoms with Gasteiger partial charge in [0, 0.05) is 13.1 Å². The van der Waals surface area contributed by atoms with Crippen LogP contribution < -0.4 is 10.2 Å². The van der Waals surface area contributed by atoms with Crippen LogP contribution in [0.25, 0.3) is 0 Å². The number of likely N-dealkylation sites (N-methyl/N-ethyl adjacent to an activating group) is 1. The van der Waals surface area contributed by atoms with Gasteiger partial charge < -0.3 is 15.3 Å². The second-order valence-electron chi connectivity index (χ2n) is 5.20. The molecule has 1 amide bonds. The largest absolute Gasteiger partial charge is 0.480 e. The summed E-state index contributed by atoms with van der Waals surface area (Å²) in [5, 5.41) is 22.5. The highest BCUT2D eigenvalue weighted by Crippen LogP contribution is 2.26. The van der Waals surface area contributed by atoms with Crippen molar-refractivity contribution >= 4 is 23.3 Å². The zero-order valence-electron chi connectivity index (χ0n) is 13.2. The Morgan fingerprint density at radius 1 is 1.39 bits per heavy atom. The van der Waals surface area contributed by atoms with Gasteiger partial charge in [0.25, 0.3) is 5.69 Å². The number of unbranched alkanes of at least 4 members (excludes halogenated alkanes) is 1. The summed E-state index contributed by atoms with van der Waals surface area (Å²) in [6, 6.07) is 5.13. The van der Waals surface area contributed by atoms with Crippen molar-refractivity contribution in [2.75, 3.05) is 18.5 Å². The van der Waals surface area contributed by atoms with Crippen molar-refractivity contribution in [2.45, 2.75) is 32.2 Å². The van der Waals surface area contributed by atoms with Crippen LogP contribution in [0.5, 0.6) is 0 Å². The van der Waals surface area contributed by atoms with Crippen LogP contribution in [0.3, 0.4) is 0 Å². The maximum Gasteiger partial charge on any atom is 0.326 e. The molecule has 23 heavy (non-hydrogen) atoms. The molecule has 1 atom stereocenters. The normalized spacial score (nSPS) is 11.6. The molecule has 0 aromatic heterocycles.